The number of pyridine rings is 2. The summed E-state index contributed by atoms with van der Waals surface area (Å²) in [5.74, 6) is 0. The zero-order chi connectivity index (χ0) is 19.2. The number of fused-ring (bicyclic) bond motifs is 1. The fourth-order valence-corrected chi connectivity index (χ4v) is 4.32. The highest BCUT2D eigenvalue weighted by atomic mass is 35.5. The van der Waals surface area contributed by atoms with Crippen molar-refractivity contribution in [3.63, 3.8) is 0 Å². The largest absolute Gasteiger partial charge is 0.282 e. The van der Waals surface area contributed by atoms with Gasteiger partial charge in [0.1, 0.15) is 5.15 Å². The van der Waals surface area contributed by atoms with Crippen LogP contribution in [-0.4, -0.2) is 21.9 Å². The standard InChI is InChI=1S/C19H14ClN3O3S/c1-13-2-5-15(6-3-13)27(25,26)23-11-8-16-17(23)9-10-22(19(16)24)14-4-7-18(20)21-12-14/h2-12H,1H3. The molecule has 0 aliphatic carbocycles. The Bertz CT molecular complexity index is 1310. The van der Waals surface area contributed by atoms with Gasteiger partial charge in [0.25, 0.3) is 15.6 Å². The van der Waals surface area contributed by atoms with Crippen LogP contribution in [0.3, 0.4) is 0 Å². The average Bonchev–Trinajstić information content (AvgIpc) is 3.09. The summed E-state index contributed by atoms with van der Waals surface area (Å²) >= 11 is 5.79. The maximum Gasteiger partial charge on any atom is 0.268 e. The molecule has 0 aliphatic heterocycles. The lowest BCUT2D eigenvalue weighted by atomic mass is 10.2. The van der Waals surface area contributed by atoms with Gasteiger partial charge < -0.3 is 0 Å². The molecule has 0 bridgehead atoms. The van der Waals surface area contributed by atoms with E-state index in [4.69, 9.17) is 11.6 Å². The van der Waals surface area contributed by atoms with E-state index in [-0.39, 0.29) is 10.5 Å². The zero-order valence-electron chi connectivity index (χ0n) is 14.2. The van der Waals surface area contributed by atoms with Crippen LogP contribution in [0.5, 0.6) is 0 Å². The Morgan fingerprint density at radius 1 is 0.963 bits per heavy atom. The molecule has 0 fully saturated rings. The Kier molecular flexibility index (Phi) is 4.13. The summed E-state index contributed by atoms with van der Waals surface area (Å²) in [4.78, 5) is 17.0. The lowest BCUT2D eigenvalue weighted by Gasteiger charge is -2.09. The summed E-state index contributed by atoms with van der Waals surface area (Å²) in [6.07, 6.45) is 4.40. The molecular weight excluding hydrogens is 386 g/mol. The van der Waals surface area contributed by atoms with E-state index in [1.54, 1.807) is 42.5 Å². The van der Waals surface area contributed by atoms with Crippen molar-refractivity contribution in [3.8, 4) is 5.69 Å². The molecule has 4 rings (SSSR count). The van der Waals surface area contributed by atoms with Crippen LogP contribution in [-0.2, 0) is 10.0 Å². The Balaban J connectivity index is 1.88. The summed E-state index contributed by atoms with van der Waals surface area (Å²) in [7, 11) is -3.80. The fraction of sp³-hybridized carbons (Fsp3) is 0.0526. The number of hydrogen-bond acceptors (Lipinski definition) is 4. The van der Waals surface area contributed by atoms with Crippen LogP contribution in [0.4, 0.5) is 0 Å². The second-order valence-electron chi connectivity index (χ2n) is 6.06. The van der Waals surface area contributed by atoms with Crippen LogP contribution >= 0.6 is 11.6 Å². The molecule has 0 spiro atoms. The third kappa shape index (κ3) is 2.94. The minimum atomic E-state index is -3.80. The van der Waals surface area contributed by atoms with E-state index in [1.165, 1.54) is 29.2 Å². The Morgan fingerprint density at radius 2 is 1.70 bits per heavy atom. The monoisotopic (exact) mass is 399 g/mol. The normalized spacial score (nSPS) is 11.8. The van der Waals surface area contributed by atoms with Crippen LogP contribution in [0.25, 0.3) is 16.6 Å². The highest BCUT2D eigenvalue weighted by Gasteiger charge is 2.20. The summed E-state index contributed by atoms with van der Waals surface area (Å²) in [6, 6.07) is 12.9. The molecule has 136 valence electrons. The van der Waals surface area contributed by atoms with Crippen molar-refractivity contribution in [2.75, 3.05) is 0 Å². The van der Waals surface area contributed by atoms with Gasteiger partial charge in [0, 0.05) is 12.4 Å². The Labute approximate surface area is 160 Å². The van der Waals surface area contributed by atoms with Gasteiger partial charge in [0.05, 0.1) is 27.7 Å². The number of hydrogen-bond donors (Lipinski definition) is 0. The third-order valence-corrected chi connectivity index (χ3v) is 6.22. The van der Waals surface area contributed by atoms with Gasteiger partial charge >= 0.3 is 0 Å². The highest BCUT2D eigenvalue weighted by molar-refractivity contribution is 7.90. The number of nitrogens with zero attached hydrogens (tertiary/aromatic N) is 3. The molecule has 0 amide bonds. The zero-order valence-corrected chi connectivity index (χ0v) is 15.8. The minimum absolute atomic E-state index is 0.164. The number of aromatic nitrogens is 3. The van der Waals surface area contributed by atoms with Crippen LogP contribution in [0.2, 0.25) is 5.15 Å². The average molecular weight is 400 g/mol. The number of halogens is 1. The predicted molar refractivity (Wildman–Crippen MR) is 104 cm³/mol. The molecule has 3 heterocycles. The molecule has 0 atom stereocenters. The topological polar surface area (TPSA) is 74.0 Å². The van der Waals surface area contributed by atoms with Crippen molar-refractivity contribution >= 4 is 32.5 Å². The molecule has 4 aromatic rings. The first-order chi connectivity index (χ1) is 12.9. The molecule has 0 saturated carbocycles. The summed E-state index contributed by atoms with van der Waals surface area (Å²) in [5, 5.41) is 0.617. The van der Waals surface area contributed by atoms with Crippen molar-refractivity contribution in [2.24, 2.45) is 0 Å². The molecule has 8 heteroatoms. The maximum absolute atomic E-state index is 13.0. The molecule has 27 heavy (non-hydrogen) atoms. The van der Waals surface area contributed by atoms with E-state index in [1.807, 2.05) is 6.92 Å². The molecule has 0 aliphatic rings. The van der Waals surface area contributed by atoms with Gasteiger partial charge in [-0.25, -0.2) is 17.4 Å². The first-order valence-electron chi connectivity index (χ1n) is 8.05. The van der Waals surface area contributed by atoms with Crippen molar-refractivity contribution in [2.45, 2.75) is 11.8 Å². The molecule has 1 aromatic carbocycles. The molecule has 6 nitrogen and oxygen atoms in total. The fourth-order valence-electron chi connectivity index (χ4n) is 2.86. The quantitative estimate of drug-likeness (QED) is 0.495. The predicted octanol–water partition coefficient (Wildman–Crippen LogP) is 3.39. The van der Waals surface area contributed by atoms with Crippen molar-refractivity contribution < 1.29 is 8.42 Å². The molecule has 0 unspecified atom stereocenters. The van der Waals surface area contributed by atoms with E-state index in [9.17, 15) is 13.2 Å². The SMILES string of the molecule is Cc1ccc(S(=O)(=O)n2ccc3c(=O)n(-c4ccc(Cl)nc4)ccc32)cc1. The molecular formula is C19H14ClN3O3S. The van der Waals surface area contributed by atoms with Gasteiger partial charge in [-0.3, -0.25) is 9.36 Å². The van der Waals surface area contributed by atoms with Crippen molar-refractivity contribution in [1.29, 1.82) is 0 Å². The third-order valence-electron chi connectivity index (χ3n) is 4.29. The van der Waals surface area contributed by atoms with Gasteiger partial charge in [-0.2, -0.15) is 0 Å². The molecule has 0 radical (unpaired) electrons. The first-order valence-corrected chi connectivity index (χ1v) is 9.86. The Hall–Kier alpha value is -2.90. The van der Waals surface area contributed by atoms with Crippen LogP contribution in [0, 0.1) is 6.92 Å². The van der Waals surface area contributed by atoms with Crippen LogP contribution < -0.4 is 5.56 Å². The highest BCUT2D eigenvalue weighted by Crippen LogP contribution is 2.21. The van der Waals surface area contributed by atoms with E-state index >= 15 is 0 Å². The van der Waals surface area contributed by atoms with E-state index in [2.05, 4.69) is 4.98 Å². The van der Waals surface area contributed by atoms with Crippen LogP contribution in [0.15, 0.2) is 76.8 Å². The van der Waals surface area contributed by atoms with E-state index in [0.717, 1.165) is 9.54 Å². The van der Waals surface area contributed by atoms with Gasteiger partial charge in [-0.15, -0.1) is 0 Å². The lowest BCUT2D eigenvalue weighted by molar-refractivity contribution is 0.589. The van der Waals surface area contributed by atoms with Gasteiger partial charge in [0.2, 0.25) is 0 Å². The van der Waals surface area contributed by atoms with E-state index in [0.29, 0.717) is 21.7 Å². The second-order valence-corrected chi connectivity index (χ2v) is 8.26. The smallest absolute Gasteiger partial charge is 0.268 e. The first kappa shape index (κ1) is 17.5. The van der Waals surface area contributed by atoms with Gasteiger partial charge in [-0.1, -0.05) is 29.3 Å². The van der Waals surface area contributed by atoms with Crippen molar-refractivity contribution in [3.05, 3.63) is 88.2 Å². The van der Waals surface area contributed by atoms with Gasteiger partial charge in [-0.05, 0) is 43.3 Å². The maximum atomic E-state index is 13.0. The summed E-state index contributed by atoms with van der Waals surface area (Å²) < 4.78 is 28.4. The van der Waals surface area contributed by atoms with Gasteiger partial charge in [0.15, 0.2) is 0 Å². The lowest BCUT2D eigenvalue weighted by Crippen LogP contribution is -2.18. The van der Waals surface area contributed by atoms with Crippen LogP contribution in [0.1, 0.15) is 5.56 Å². The van der Waals surface area contributed by atoms with Crippen molar-refractivity contribution in [1.82, 2.24) is 13.5 Å². The summed E-state index contributed by atoms with van der Waals surface area (Å²) in [5.41, 5.74) is 1.49. The molecule has 0 saturated heterocycles. The number of aryl methyl sites for hydroxylation is 1. The minimum Gasteiger partial charge on any atom is -0.282 e. The molecule has 0 N–H and O–H groups in total. The van der Waals surface area contributed by atoms with E-state index < -0.39 is 10.0 Å². The number of benzene rings is 1. The second kappa shape index (κ2) is 6.37. The summed E-state index contributed by atoms with van der Waals surface area (Å²) in [6.45, 7) is 1.88. The molecule has 3 aromatic heterocycles. The Morgan fingerprint density at radius 3 is 2.37 bits per heavy atom. The number of rotatable bonds is 3.